The zero-order chi connectivity index (χ0) is 13.7. The van der Waals surface area contributed by atoms with E-state index in [2.05, 4.69) is 18.3 Å². The first-order chi connectivity index (χ1) is 9.15. The Morgan fingerprint density at radius 1 is 1.32 bits per heavy atom. The van der Waals surface area contributed by atoms with E-state index in [-0.39, 0.29) is 5.91 Å². The van der Waals surface area contributed by atoms with Gasteiger partial charge in [0.1, 0.15) is 5.75 Å². The zero-order valence-electron chi connectivity index (χ0n) is 11.9. The van der Waals surface area contributed by atoms with Crippen LogP contribution in [0.4, 0.5) is 0 Å². The Labute approximate surface area is 115 Å². The Morgan fingerprint density at radius 2 is 2.05 bits per heavy atom. The third-order valence-electron chi connectivity index (χ3n) is 3.64. The lowest BCUT2D eigenvalue weighted by Crippen LogP contribution is -2.33. The van der Waals surface area contributed by atoms with Crippen molar-refractivity contribution in [1.29, 1.82) is 0 Å². The second kappa shape index (κ2) is 6.60. The van der Waals surface area contributed by atoms with Crippen molar-refractivity contribution >= 4 is 5.91 Å². The predicted octanol–water partition coefficient (Wildman–Crippen LogP) is 3.13. The van der Waals surface area contributed by atoms with Crippen LogP contribution in [-0.2, 0) is 4.79 Å². The summed E-state index contributed by atoms with van der Waals surface area (Å²) in [7, 11) is 0. The molecule has 1 amide bonds. The van der Waals surface area contributed by atoms with Gasteiger partial charge in [0.25, 0.3) is 0 Å². The maximum Gasteiger partial charge on any atom is 0.223 e. The van der Waals surface area contributed by atoms with Crippen molar-refractivity contribution in [3.05, 3.63) is 29.3 Å². The molecular formula is C16H23NO2. The number of aryl methyl sites for hydroxylation is 2. The summed E-state index contributed by atoms with van der Waals surface area (Å²) in [6.45, 7) is 4.54. The molecule has 1 aromatic carbocycles. The van der Waals surface area contributed by atoms with Crippen LogP contribution in [0.3, 0.4) is 0 Å². The van der Waals surface area contributed by atoms with Crippen molar-refractivity contribution in [1.82, 2.24) is 5.32 Å². The van der Waals surface area contributed by atoms with Gasteiger partial charge in [-0.2, -0.15) is 0 Å². The van der Waals surface area contributed by atoms with Crippen LogP contribution in [0.25, 0.3) is 0 Å². The van der Waals surface area contributed by atoms with Crippen LogP contribution in [0.2, 0.25) is 0 Å². The van der Waals surface area contributed by atoms with E-state index in [1.165, 1.54) is 18.4 Å². The third kappa shape index (κ3) is 4.27. The normalized spacial score (nSPS) is 15.5. The number of benzene rings is 1. The lowest BCUT2D eigenvalue weighted by Gasteiger charge is -2.13. The van der Waals surface area contributed by atoms with Crippen LogP contribution in [0, 0.1) is 13.8 Å². The summed E-state index contributed by atoms with van der Waals surface area (Å²) in [4.78, 5) is 11.7. The number of ether oxygens (including phenoxy) is 1. The lowest BCUT2D eigenvalue weighted by atomic mass is 10.1. The first kappa shape index (κ1) is 13.9. The van der Waals surface area contributed by atoms with Gasteiger partial charge in [0.2, 0.25) is 5.91 Å². The van der Waals surface area contributed by atoms with Crippen molar-refractivity contribution in [2.24, 2.45) is 0 Å². The van der Waals surface area contributed by atoms with Gasteiger partial charge in [-0.3, -0.25) is 4.79 Å². The molecular weight excluding hydrogens is 238 g/mol. The van der Waals surface area contributed by atoms with E-state index in [4.69, 9.17) is 4.74 Å². The zero-order valence-corrected chi connectivity index (χ0v) is 11.9. The van der Waals surface area contributed by atoms with E-state index in [9.17, 15) is 4.79 Å². The first-order valence-electron chi connectivity index (χ1n) is 7.14. The molecule has 0 heterocycles. The SMILES string of the molecule is Cc1ccc(OCCC(=O)NC2CCCC2)c(C)c1. The summed E-state index contributed by atoms with van der Waals surface area (Å²) < 4.78 is 5.67. The molecule has 104 valence electrons. The molecule has 3 nitrogen and oxygen atoms in total. The van der Waals surface area contributed by atoms with Crippen LogP contribution in [-0.4, -0.2) is 18.6 Å². The molecule has 1 N–H and O–H groups in total. The Hall–Kier alpha value is -1.51. The van der Waals surface area contributed by atoms with E-state index in [1.807, 2.05) is 19.1 Å². The molecule has 0 spiro atoms. The monoisotopic (exact) mass is 261 g/mol. The minimum absolute atomic E-state index is 0.108. The number of rotatable bonds is 5. The average Bonchev–Trinajstić information content (AvgIpc) is 2.84. The summed E-state index contributed by atoms with van der Waals surface area (Å²) in [5, 5.41) is 3.07. The van der Waals surface area contributed by atoms with Gasteiger partial charge in [-0.1, -0.05) is 30.5 Å². The van der Waals surface area contributed by atoms with Crippen LogP contribution in [0.1, 0.15) is 43.2 Å². The lowest BCUT2D eigenvalue weighted by molar-refractivity contribution is -0.122. The van der Waals surface area contributed by atoms with Gasteiger partial charge in [0.15, 0.2) is 0 Å². The first-order valence-corrected chi connectivity index (χ1v) is 7.14. The number of amides is 1. The predicted molar refractivity (Wildman–Crippen MR) is 76.4 cm³/mol. The summed E-state index contributed by atoms with van der Waals surface area (Å²) in [5.74, 6) is 0.982. The Balaban J connectivity index is 1.72. The fraction of sp³-hybridized carbons (Fsp3) is 0.562. The summed E-state index contributed by atoms with van der Waals surface area (Å²) >= 11 is 0. The van der Waals surface area contributed by atoms with Gasteiger partial charge in [0, 0.05) is 6.04 Å². The number of carbonyl (C=O) groups excluding carboxylic acids is 1. The molecule has 0 radical (unpaired) electrons. The Bertz CT molecular complexity index is 436. The Morgan fingerprint density at radius 3 is 2.74 bits per heavy atom. The molecule has 0 unspecified atom stereocenters. The average molecular weight is 261 g/mol. The molecule has 0 aliphatic heterocycles. The largest absolute Gasteiger partial charge is 0.493 e. The number of carbonyl (C=O) groups is 1. The number of hydrogen-bond acceptors (Lipinski definition) is 2. The maximum atomic E-state index is 11.7. The van der Waals surface area contributed by atoms with Gasteiger partial charge in [-0.05, 0) is 38.3 Å². The molecule has 1 fully saturated rings. The van der Waals surface area contributed by atoms with Crippen LogP contribution < -0.4 is 10.1 Å². The fourth-order valence-corrected chi connectivity index (χ4v) is 2.58. The molecule has 3 heteroatoms. The van der Waals surface area contributed by atoms with Gasteiger partial charge in [-0.25, -0.2) is 0 Å². The molecule has 0 bridgehead atoms. The second-order valence-electron chi connectivity index (χ2n) is 5.42. The molecule has 1 saturated carbocycles. The molecule has 0 aromatic heterocycles. The smallest absolute Gasteiger partial charge is 0.223 e. The highest BCUT2D eigenvalue weighted by Crippen LogP contribution is 2.19. The van der Waals surface area contributed by atoms with Gasteiger partial charge in [0.05, 0.1) is 13.0 Å². The topological polar surface area (TPSA) is 38.3 Å². The van der Waals surface area contributed by atoms with E-state index >= 15 is 0 Å². The van der Waals surface area contributed by atoms with E-state index in [1.54, 1.807) is 0 Å². The summed E-state index contributed by atoms with van der Waals surface area (Å²) in [6, 6.07) is 6.49. The van der Waals surface area contributed by atoms with Gasteiger partial charge < -0.3 is 10.1 Å². The number of hydrogen-bond donors (Lipinski definition) is 1. The quantitative estimate of drug-likeness (QED) is 0.884. The third-order valence-corrected chi connectivity index (χ3v) is 3.64. The molecule has 0 atom stereocenters. The van der Waals surface area contributed by atoms with Crippen LogP contribution in [0.5, 0.6) is 5.75 Å². The molecule has 1 aliphatic rings. The standard InChI is InChI=1S/C16H23NO2/c1-12-7-8-15(13(2)11-12)19-10-9-16(18)17-14-5-3-4-6-14/h7-8,11,14H,3-6,9-10H2,1-2H3,(H,17,18). The Kier molecular flexibility index (Phi) is 4.83. The summed E-state index contributed by atoms with van der Waals surface area (Å²) in [5.41, 5.74) is 2.35. The van der Waals surface area contributed by atoms with Gasteiger partial charge >= 0.3 is 0 Å². The second-order valence-corrected chi connectivity index (χ2v) is 5.42. The highest BCUT2D eigenvalue weighted by molar-refractivity contribution is 5.76. The molecule has 2 rings (SSSR count). The van der Waals surface area contributed by atoms with Crippen molar-refractivity contribution in [2.75, 3.05) is 6.61 Å². The van der Waals surface area contributed by atoms with Crippen molar-refractivity contribution in [3.63, 3.8) is 0 Å². The van der Waals surface area contributed by atoms with E-state index in [0.717, 1.165) is 24.2 Å². The van der Waals surface area contributed by atoms with E-state index in [0.29, 0.717) is 19.1 Å². The highest BCUT2D eigenvalue weighted by Gasteiger charge is 2.16. The fourth-order valence-electron chi connectivity index (χ4n) is 2.58. The van der Waals surface area contributed by atoms with Crippen molar-refractivity contribution in [2.45, 2.75) is 52.0 Å². The number of nitrogens with one attached hydrogen (secondary N) is 1. The van der Waals surface area contributed by atoms with Crippen molar-refractivity contribution in [3.8, 4) is 5.75 Å². The molecule has 1 aromatic rings. The minimum Gasteiger partial charge on any atom is -0.493 e. The molecule has 19 heavy (non-hydrogen) atoms. The van der Waals surface area contributed by atoms with Crippen LogP contribution >= 0.6 is 0 Å². The van der Waals surface area contributed by atoms with Crippen LogP contribution in [0.15, 0.2) is 18.2 Å². The van der Waals surface area contributed by atoms with Gasteiger partial charge in [-0.15, -0.1) is 0 Å². The minimum atomic E-state index is 0.108. The molecule has 1 aliphatic carbocycles. The molecule has 0 saturated heterocycles. The van der Waals surface area contributed by atoms with Crippen molar-refractivity contribution < 1.29 is 9.53 Å². The summed E-state index contributed by atoms with van der Waals surface area (Å²) in [6.07, 6.45) is 5.17. The maximum absolute atomic E-state index is 11.7. The highest BCUT2D eigenvalue weighted by atomic mass is 16.5. The van der Waals surface area contributed by atoms with E-state index < -0.39 is 0 Å².